The third kappa shape index (κ3) is 2.24. The van der Waals surface area contributed by atoms with Crippen LogP contribution in [0.25, 0.3) is 10.8 Å². The van der Waals surface area contributed by atoms with Crippen molar-refractivity contribution in [2.75, 3.05) is 6.61 Å². The van der Waals surface area contributed by atoms with Crippen LogP contribution < -0.4 is 0 Å². The first-order valence-electron chi connectivity index (χ1n) is 6.93. The Bertz CT molecular complexity index is 564. The highest BCUT2D eigenvalue weighted by Crippen LogP contribution is 2.37. The Morgan fingerprint density at radius 2 is 2.32 bits per heavy atom. The van der Waals surface area contributed by atoms with E-state index in [1.807, 2.05) is 30.5 Å². The van der Waals surface area contributed by atoms with Crippen molar-refractivity contribution in [1.29, 1.82) is 0 Å². The number of hydrogen-bond donors (Lipinski definition) is 1. The number of aliphatic hydroxyl groups is 1. The number of benzene rings is 1. The molecule has 19 heavy (non-hydrogen) atoms. The molecule has 1 aromatic heterocycles. The summed E-state index contributed by atoms with van der Waals surface area (Å²) < 4.78 is 5.70. The molecular weight excluding hydrogens is 238 g/mol. The fourth-order valence-electron chi connectivity index (χ4n) is 3.08. The number of fused-ring (bicyclic) bond motifs is 1. The molecule has 2 aromatic rings. The highest BCUT2D eigenvalue weighted by atomic mass is 16.5. The zero-order valence-corrected chi connectivity index (χ0v) is 11.1. The summed E-state index contributed by atoms with van der Waals surface area (Å²) in [6.07, 6.45) is 5.22. The second kappa shape index (κ2) is 5.27. The Morgan fingerprint density at radius 1 is 1.42 bits per heavy atom. The highest BCUT2D eigenvalue weighted by molar-refractivity contribution is 5.85. The second-order valence-corrected chi connectivity index (χ2v) is 5.16. The smallest absolute Gasteiger partial charge is 0.0849 e. The molecule has 0 spiro atoms. The van der Waals surface area contributed by atoms with E-state index in [4.69, 9.17) is 4.74 Å². The van der Waals surface area contributed by atoms with Gasteiger partial charge in [0.05, 0.1) is 12.2 Å². The van der Waals surface area contributed by atoms with Crippen LogP contribution in [0.2, 0.25) is 0 Å². The molecule has 0 amide bonds. The largest absolute Gasteiger partial charge is 0.388 e. The normalized spacial score (nSPS) is 24.7. The SMILES string of the molecule is CCC1OCCC1C(O)c1cccc2cnccc12. The summed E-state index contributed by atoms with van der Waals surface area (Å²) >= 11 is 0. The zero-order valence-electron chi connectivity index (χ0n) is 11.1. The summed E-state index contributed by atoms with van der Waals surface area (Å²) in [6, 6.07) is 8.00. The second-order valence-electron chi connectivity index (χ2n) is 5.16. The van der Waals surface area contributed by atoms with Crippen LogP contribution >= 0.6 is 0 Å². The Kier molecular flexibility index (Phi) is 3.49. The highest BCUT2D eigenvalue weighted by Gasteiger charge is 2.33. The summed E-state index contributed by atoms with van der Waals surface area (Å²) in [4.78, 5) is 4.14. The van der Waals surface area contributed by atoms with Gasteiger partial charge in [0, 0.05) is 30.3 Å². The first-order chi connectivity index (χ1) is 9.31. The average Bonchev–Trinajstić information content (AvgIpc) is 2.94. The fraction of sp³-hybridized carbons (Fsp3) is 0.438. The Morgan fingerprint density at radius 3 is 3.16 bits per heavy atom. The molecule has 0 aliphatic carbocycles. The van der Waals surface area contributed by atoms with Gasteiger partial charge in [-0.05, 0) is 29.9 Å². The van der Waals surface area contributed by atoms with Gasteiger partial charge in [-0.15, -0.1) is 0 Å². The minimum Gasteiger partial charge on any atom is -0.388 e. The van der Waals surface area contributed by atoms with Gasteiger partial charge < -0.3 is 9.84 Å². The Labute approximate surface area is 113 Å². The molecule has 0 saturated carbocycles. The van der Waals surface area contributed by atoms with Gasteiger partial charge in [-0.3, -0.25) is 4.98 Å². The summed E-state index contributed by atoms with van der Waals surface area (Å²) in [5.74, 6) is 0.198. The molecule has 3 heteroatoms. The van der Waals surface area contributed by atoms with Crippen LogP contribution in [0.1, 0.15) is 31.4 Å². The number of hydrogen-bond acceptors (Lipinski definition) is 3. The fourth-order valence-corrected chi connectivity index (χ4v) is 3.08. The molecule has 1 aliphatic heterocycles. The van der Waals surface area contributed by atoms with Crippen LogP contribution in [0.3, 0.4) is 0 Å². The van der Waals surface area contributed by atoms with E-state index in [0.717, 1.165) is 35.8 Å². The van der Waals surface area contributed by atoms with Crippen molar-refractivity contribution in [2.24, 2.45) is 5.92 Å². The van der Waals surface area contributed by atoms with E-state index in [1.165, 1.54) is 0 Å². The molecule has 0 bridgehead atoms. The van der Waals surface area contributed by atoms with E-state index in [-0.39, 0.29) is 12.0 Å². The van der Waals surface area contributed by atoms with Crippen LogP contribution in [0.15, 0.2) is 36.7 Å². The van der Waals surface area contributed by atoms with Crippen LogP contribution in [-0.4, -0.2) is 22.8 Å². The molecule has 1 saturated heterocycles. The zero-order chi connectivity index (χ0) is 13.2. The molecule has 1 aromatic carbocycles. The third-order valence-electron chi connectivity index (χ3n) is 4.10. The van der Waals surface area contributed by atoms with Crippen LogP contribution in [0.5, 0.6) is 0 Å². The molecule has 2 heterocycles. The number of ether oxygens (including phenoxy) is 1. The van der Waals surface area contributed by atoms with Gasteiger partial charge in [0.1, 0.15) is 0 Å². The Hall–Kier alpha value is -1.45. The van der Waals surface area contributed by atoms with Gasteiger partial charge in [-0.2, -0.15) is 0 Å². The predicted molar refractivity (Wildman–Crippen MR) is 74.8 cm³/mol. The van der Waals surface area contributed by atoms with Crippen molar-refractivity contribution in [1.82, 2.24) is 4.98 Å². The summed E-state index contributed by atoms with van der Waals surface area (Å²) in [6.45, 7) is 2.87. The molecule has 1 aliphatic rings. The van der Waals surface area contributed by atoms with Crippen molar-refractivity contribution >= 4 is 10.8 Å². The van der Waals surface area contributed by atoms with Crippen LogP contribution in [-0.2, 0) is 4.74 Å². The van der Waals surface area contributed by atoms with Gasteiger partial charge >= 0.3 is 0 Å². The lowest BCUT2D eigenvalue weighted by Crippen LogP contribution is -2.22. The van der Waals surface area contributed by atoms with E-state index < -0.39 is 6.10 Å². The topological polar surface area (TPSA) is 42.4 Å². The van der Waals surface area contributed by atoms with E-state index in [9.17, 15) is 5.11 Å². The van der Waals surface area contributed by atoms with Gasteiger partial charge in [0.25, 0.3) is 0 Å². The maximum Gasteiger partial charge on any atom is 0.0849 e. The first-order valence-corrected chi connectivity index (χ1v) is 6.93. The molecule has 1 N–H and O–H groups in total. The molecule has 3 unspecified atom stereocenters. The number of rotatable bonds is 3. The number of aliphatic hydroxyl groups excluding tert-OH is 1. The van der Waals surface area contributed by atoms with Gasteiger partial charge in [-0.25, -0.2) is 0 Å². The number of nitrogens with zero attached hydrogens (tertiary/aromatic N) is 1. The minimum absolute atomic E-state index is 0.173. The maximum absolute atomic E-state index is 10.7. The average molecular weight is 257 g/mol. The predicted octanol–water partition coefficient (Wildman–Crippen LogP) is 3.08. The standard InChI is InChI=1S/C16H19NO2/c1-2-15-14(7-9-19-15)16(18)13-5-3-4-11-10-17-8-6-12(11)13/h3-6,8,10,14-16,18H,2,7,9H2,1H3. The van der Waals surface area contributed by atoms with Crippen LogP contribution in [0, 0.1) is 5.92 Å². The van der Waals surface area contributed by atoms with E-state index >= 15 is 0 Å². The van der Waals surface area contributed by atoms with E-state index in [1.54, 1.807) is 6.20 Å². The van der Waals surface area contributed by atoms with Crippen molar-refractivity contribution < 1.29 is 9.84 Å². The van der Waals surface area contributed by atoms with Crippen molar-refractivity contribution in [3.63, 3.8) is 0 Å². The first kappa shape index (κ1) is 12.6. The Balaban J connectivity index is 1.99. The summed E-state index contributed by atoms with van der Waals surface area (Å²) in [5, 5.41) is 12.9. The molecule has 1 fully saturated rings. The third-order valence-corrected chi connectivity index (χ3v) is 4.10. The monoisotopic (exact) mass is 257 g/mol. The maximum atomic E-state index is 10.7. The molecule has 3 nitrogen and oxygen atoms in total. The van der Waals surface area contributed by atoms with Crippen molar-refractivity contribution in [2.45, 2.75) is 32.0 Å². The molecule has 0 radical (unpaired) electrons. The minimum atomic E-state index is -0.460. The molecular formula is C16H19NO2. The lowest BCUT2D eigenvalue weighted by molar-refractivity contribution is 0.0313. The molecule has 100 valence electrons. The van der Waals surface area contributed by atoms with Crippen LogP contribution in [0.4, 0.5) is 0 Å². The summed E-state index contributed by atoms with van der Waals surface area (Å²) in [5.41, 5.74) is 0.994. The van der Waals surface area contributed by atoms with E-state index in [0.29, 0.717) is 0 Å². The van der Waals surface area contributed by atoms with E-state index in [2.05, 4.69) is 11.9 Å². The van der Waals surface area contributed by atoms with Gasteiger partial charge in [0.2, 0.25) is 0 Å². The number of pyridine rings is 1. The number of aromatic nitrogens is 1. The van der Waals surface area contributed by atoms with Gasteiger partial charge in [0.15, 0.2) is 0 Å². The lowest BCUT2D eigenvalue weighted by Gasteiger charge is -2.24. The summed E-state index contributed by atoms with van der Waals surface area (Å²) in [7, 11) is 0. The van der Waals surface area contributed by atoms with Crippen molar-refractivity contribution in [3.05, 3.63) is 42.2 Å². The van der Waals surface area contributed by atoms with Crippen molar-refractivity contribution in [3.8, 4) is 0 Å². The molecule has 3 atom stereocenters. The quantitative estimate of drug-likeness (QED) is 0.918. The lowest BCUT2D eigenvalue weighted by atomic mass is 9.87. The van der Waals surface area contributed by atoms with Gasteiger partial charge in [-0.1, -0.05) is 25.1 Å². The molecule has 3 rings (SSSR count).